The number of amides is 1. The lowest BCUT2D eigenvalue weighted by Gasteiger charge is -2.24. The molecular formula is C19H14FNO5. The topological polar surface area (TPSA) is 94.9 Å². The van der Waals surface area contributed by atoms with Gasteiger partial charge in [0.15, 0.2) is 0 Å². The molecule has 0 aromatic heterocycles. The van der Waals surface area contributed by atoms with E-state index in [9.17, 15) is 23.9 Å². The van der Waals surface area contributed by atoms with Crippen molar-refractivity contribution >= 4 is 23.4 Å². The number of aliphatic hydroxyl groups is 1. The Kier molecular flexibility index (Phi) is 4.53. The van der Waals surface area contributed by atoms with E-state index in [4.69, 9.17) is 5.11 Å². The van der Waals surface area contributed by atoms with E-state index < -0.39 is 41.8 Å². The van der Waals surface area contributed by atoms with Crippen LogP contribution in [0.3, 0.4) is 0 Å². The van der Waals surface area contributed by atoms with Crippen molar-refractivity contribution in [3.05, 3.63) is 77.1 Å². The number of ketones is 1. The molecule has 2 N–H and O–H groups in total. The van der Waals surface area contributed by atoms with Gasteiger partial charge in [-0.1, -0.05) is 48.5 Å². The van der Waals surface area contributed by atoms with Gasteiger partial charge in [-0.2, -0.15) is 0 Å². The van der Waals surface area contributed by atoms with Gasteiger partial charge in [0, 0.05) is 11.1 Å². The molecule has 0 aliphatic carbocycles. The molecule has 1 heterocycles. The molecular weight excluding hydrogens is 341 g/mol. The largest absolute Gasteiger partial charge is 0.507 e. The number of hydrogen-bond acceptors (Lipinski definition) is 4. The number of halogens is 1. The number of hydrogen-bond donors (Lipinski definition) is 2. The highest BCUT2D eigenvalue weighted by atomic mass is 19.1. The molecule has 2 aromatic rings. The number of likely N-dealkylation sites (tertiary alicyclic amines) is 1. The quantitative estimate of drug-likeness (QED) is 0.499. The monoisotopic (exact) mass is 355 g/mol. The molecule has 3 rings (SSSR count). The summed E-state index contributed by atoms with van der Waals surface area (Å²) in [6.45, 7) is -0.796. The SMILES string of the molecule is O=C(O)CN1C(=O)C(=O)/C(=C(/O)c2ccccc2)C1c1ccccc1F. The number of carbonyl (C=O) groups is 3. The fourth-order valence-corrected chi connectivity index (χ4v) is 2.96. The Morgan fingerprint density at radius 1 is 1.00 bits per heavy atom. The van der Waals surface area contributed by atoms with Crippen LogP contribution in [0.1, 0.15) is 17.2 Å². The first-order chi connectivity index (χ1) is 12.4. The molecule has 1 saturated heterocycles. The van der Waals surface area contributed by atoms with Crippen LogP contribution in [0.4, 0.5) is 4.39 Å². The zero-order chi connectivity index (χ0) is 18.8. The van der Waals surface area contributed by atoms with Crippen LogP contribution < -0.4 is 0 Å². The molecule has 6 nitrogen and oxygen atoms in total. The first-order valence-electron chi connectivity index (χ1n) is 7.72. The van der Waals surface area contributed by atoms with Crippen molar-refractivity contribution in [2.45, 2.75) is 6.04 Å². The van der Waals surface area contributed by atoms with Gasteiger partial charge in [0.05, 0.1) is 11.6 Å². The Bertz CT molecular complexity index is 923. The van der Waals surface area contributed by atoms with Gasteiger partial charge in [-0.3, -0.25) is 14.4 Å². The Morgan fingerprint density at radius 3 is 2.23 bits per heavy atom. The number of Topliss-reactive ketones (excluding diaryl/α,β-unsaturated/α-hetero) is 1. The molecule has 1 aliphatic rings. The number of carboxylic acids is 1. The van der Waals surface area contributed by atoms with E-state index in [0.717, 1.165) is 11.0 Å². The van der Waals surface area contributed by atoms with Gasteiger partial charge < -0.3 is 15.1 Å². The van der Waals surface area contributed by atoms with Gasteiger partial charge in [0.2, 0.25) is 0 Å². The lowest BCUT2D eigenvalue weighted by Crippen LogP contribution is -2.34. The molecule has 1 atom stereocenters. The van der Waals surface area contributed by atoms with Crippen LogP contribution in [0.25, 0.3) is 5.76 Å². The van der Waals surface area contributed by atoms with Crippen molar-refractivity contribution in [2.24, 2.45) is 0 Å². The molecule has 0 saturated carbocycles. The van der Waals surface area contributed by atoms with Gasteiger partial charge in [-0.15, -0.1) is 0 Å². The van der Waals surface area contributed by atoms with Crippen LogP contribution in [0.15, 0.2) is 60.2 Å². The summed E-state index contributed by atoms with van der Waals surface area (Å²) in [5, 5.41) is 19.7. The lowest BCUT2D eigenvalue weighted by atomic mass is 9.95. The van der Waals surface area contributed by atoms with Crippen molar-refractivity contribution in [2.75, 3.05) is 6.54 Å². The molecule has 2 aromatic carbocycles. The average Bonchev–Trinajstić information content (AvgIpc) is 2.87. The van der Waals surface area contributed by atoms with Gasteiger partial charge in [0.1, 0.15) is 18.1 Å². The number of rotatable bonds is 4. The van der Waals surface area contributed by atoms with E-state index in [2.05, 4.69) is 0 Å². The Labute approximate surface area is 147 Å². The smallest absolute Gasteiger partial charge is 0.323 e. The fourth-order valence-electron chi connectivity index (χ4n) is 2.96. The second kappa shape index (κ2) is 6.79. The summed E-state index contributed by atoms with van der Waals surface area (Å²) in [6, 6.07) is 12.1. The molecule has 7 heteroatoms. The molecule has 0 bridgehead atoms. The summed E-state index contributed by atoms with van der Waals surface area (Å²) in [4.78, 5) is 36.7. The number of aliphatic hydroxyl groups excluding tert-OH is 1. The summed E-state index contributed by atoms with van der Waals surface area (Å²) >= 11 is 0. The molecule has 132 valence electrons. The van der Waals surface area contributed by atoms with Gasteiger partial charge in [0.25, 0.3) is 11.7 Å². The second-order valence-electron chi connectivity index (χ2n) is 5.71. The highest BCUT2D eigenvalue weighted by molar-refractivity contribution is 6.46. The minimum Gasteiger partial charge on any atom is -0.507 e. The van der Waals surface area contributed by atoms with Crippen molar-refractivity contribution in [3.8, 4) is 0 Å². The lowest BCUT2D eigenvalue weighted by molar-refractivity contribution is -0.146. The van der Waals surface area contributed by atoms with E-state index in [1.165, 1.54) is 30.3 Å². The first kappa shape index (κ1) is 17.3. The van der Waals surface area contributed by atoms with Gasteiger partial charge in [-0.25, -0.2) is 4.39 Å². The van der Waals surface area contributed by atoms with E-state index in [1.807, 2.05) is 0 Å². The van der Waals surface area contributed by atoms with E-state index in [-0.39, 0.29) is 16.7 Å². The minimum absolute atomic E-state index is 0.0644. The number of carbonyl (C=O) groups excluding carboxylic acids is 2. The average molecular weight is 355 g/mol. The third-order valence-corrected chi connectivity index (χ3v) is 4.09. The van der Waals surface area contributed by atoms with Crippen LogP contribution in [-0.2, 0) is 14.4 Å². The molecule has 0 spiro atoms. The zero-order valence-electron chi connectivity index (χ0n) is 13.4. The van der Waals surface area contributed by atoms with Crippen molar-refractivity contribution in [1.29, 1.82) is 0 Å². The molecule has 1 fully saturated rings. The third kappa shape index (κ3) is 2.95. The molecule has 26 heavy (non-hydrogen) atoms. The fraction of sp³-hybridized carbons (Fsp3) is 0.105. The zero-order valence-corrected chi connectivity index (χ0v) is 13.4. The first-order valence-corrected chi connectivity index (χ1v) is 7.72. The maximum atomic E-state index is 14.3. The van der Waals surface area contributed by atoms with Crippen LogP contribution in [0.2, 0.25) is 0 Å². The predicted octanol–water partition coefficient (Wildman–Crippen LogP) is 2.33. The highest BCUT2D eigenvalue weighted by Gasteiger charge is 2.47. The Balaban J connectivity index is 2.24. The van der Waals surface area contributed by atoms with Crippen molar-refractivity contribution in [1.82, 2.24) is 4.90 Å². The standard InChI is InChI=1S/C19H14FNO5/c20-13-9-5-4-8-12(13)16-15(17(24)11-6-2-1-3-7-11)18(25)19(26)21(16)10-14(22)23/h1-9,16,24H,10H2,(H,22,23)/b17-15+. The normalized spacial score (nSPS) is 19.0. The van der Waals surface area contributed by atoms with E-state index in [0.29, 0.717) is 0 Å². The number of nitrogens with zero attached hydrogens (tertiary/aromatic N) is 1. The summed E-state index contributed by atoms with van der Waals surface area (Å²) in [6.07, 6.45) is 0. The summed E-state index contributed by atoms with van der Waals surface area (Å²) < 4.78 is 14.3. The van der Waals surface area contributed by atoms with Crippen molar-refractivity contribution < 1.29 is 29.0 Å². The van der Waals surface area contributed by atoms with Crippen LogP contribution >= 0.6 is 0 Å². The molecule has 0 radical (unpaired) electrons. The summed E-state index contributed by atoms with van der Waals surface area (Å²) in [5.41, 5.74) is -0.139. The highest BCUT2D eigenvalue weighted by Crippen LogP contribution is 2.39. The van der Waals surface area contributed by atoms with Crippen molar-refractivity contribution in [3.63, 3.8) is 0 Å². The Hall–Kier alpha value is -3.48. The number of aliphatic carboxylic acids is 1. The number of carboxylic acid groups (broad SMARTS) is 1. The predicted molar refractivity (Wildman–Crippen MR) is 89.5 cm³/mol. The minimum atomic E-state index is -1.35. The summed E-state index contributed by atoms with van der Waals surface area (Å²) in [7, 11) is 0. The van der Waals surface area contributed by atoms with Gasteiger partial charge in [-0.05, 0) is 6.07 Å². The molecule has 1 amide bonds. The second-order valence-corrected chi connectivity index (χ2v) is 5.71. The number of benzene rings is 2. The van der Waals surface area contributed by atoms with E-state index >= 15 is 0 Å². The van der Waals surface area contributed by atoms with Crippen LogP contribution in [0, 0.1) is 5.82 Å². The van der Waals surface area contributed by atoms with Crippen LogP contribution in [-0.4, -0.2) is 39.3 Å². The third-order valence-electron chi connectivity index (χ3n) is 4.09. The van der Waals surface area contributed by atoms with Gasteiger partial charge >= 0.3 is 5.97 Å². The maximum Gasteiger partial charge on any atom is 0.323 e. The molecule has 1 unspecified atom stereocenters. The molecule has 1 aliphatic heterocycles. The van der Waals surface area contributed by atoms with E-state index in [1.54, 1.807) is 18.2 Å². The van der Waals surface area contributed by atoms with Crippen LogP contribution in [0.5, 0.6) is 0 Å². The summed E-state index contributed by atoms with van der Waals surface area (Å²) in [5.74, 6) is -4.70. The Morgan fingerprint density at radius 2 is 1.62 bits per heavy atom. The maximum absolute atomic E-state index is 14.3.